The zero-order valence-corrected chi connectivity index (χ0v) is 20.5. The van der Waals surface area contributed by atoms with Crippen LogP contribution >= 0.6 is 0 Å². The summed E-state index contributed by atoms with van der Waals surface area (Å²) in [6.07, 6.45) is 3.31. The van der Waals surface area contributed by atoms with Gasteiger partial charge in [-0.15, -0.1) is 0 Å². The summed E-state index contributed by atoms with van der Waals surface area (Å²) in [6.45, 7) is 5.36. The maximum absolute atomic E-state index is 13.3. The molecule has 0 saturated carbocycles. The number of carbonyl (C=O) groups is 2. The van der Waals surface area contributed by atoms with Crippen LogP contribution in [0.1, 0.15) is 31.7 Å². The molecule has 2 aromatic carbocycles. The van der Waals surface area contributed by atoms with Gasteiger partial charge in [-0.1, -0.05) is 30.3 Å². The molecule has 4 rings (SSSR count). The average molecular weight is 476 g/mol. The molecule has 0 spiro atoms. The molecule has 1 aromatic heterocycles. The Labute approximate surface area is 205 Å². The minimum Gasteiger partial charge on any atom is -0.337 e. The van der Waals surface area contributed by atoms with E-state index in [-0.39, 0.29) is 17.4 Å². The number of hydrogen-bond donors (Lipinski definition) is 0. The summed E-state index contributed by atoms with van der Waals surface area (Å²) in [5.74, 6) is 0.0512. The second-order valence-electron chi connectivity index (χ2n) is 9.14. The third kappa shape index (κ3) is 5.95. The van der Waals surface area contributed by atoms with Crippen molar-refractivity contribution >= 4 is 28.4 Å². The molecule has 0 N–H and O–H groups in total. The fourth-order valence-corrected chi connectivity index (χ4v) is 4.58. The number of hydrogen-bond acceptors (Lipinski definition) is 5. The number of nitrogens with zero attached hydrogens (tertiary/aromatic N) is 5. The minimum absolute atomic E-state index is 0.00617. The molecule has 0 bridgehead atoms. The third-order valence-electron chi connectivity index (χ3n) is 6.57. The number of likely N-dealkylation sites (N-methyl/N-ethyl adjacent to an activating group) is 1. The van der Waals surface area contributed by atoms with Gasteiger partial charge in [-0.3, -0.25) is 19.0 Å². The number of benzene rings is 2. The summed E-state index contributed by atoms with van der Waals surface area (Å²) >= 11 is 0. The van der Waals surface area contributed by atoms with Gasteiger partial charge in [0, 0.05) is 51.8 Å². The highest BCUT2D eigenvalue weighted by Gasteiger charge is 2.21. The van der Waals surface area contributed by atoms with Crippen LogP contribution < -0.4 is 10.5 Å². The molecule has 2 amide bonds. The topological polar surface area (TPSA) is 78.8 Å². The Balaban J connectivity index is 1.48. The van der Waals surface area contributed by atoms with E-state index in [1.807, 2.05) is 59.3 Å². The lowest BCUT2D eigenvalue weighted by Gasteiger charge is -2.27. The van der Waals surface area contributed by atoms with Gasteiger partial charge in [0.2, 0.25) is 11.8 Å². The smallest absolute Gasteiger partial charge is 0.261 e. The van der Waals surface area contributed by atoms with Gasteiger partial charge in [0.1, 0.15) is 0 Å². The van der Waals surface area contributed by atoms with Crippen LogP contribution in [0.25, 0.3) is 10.9 Å². The molecule has 8 heteroatoms. The number of fused-ring (bicyclic) bond motifs is 2. The highest BCUT2D eigenvalue weighted by molar-refractivity contribution is 5.92. The van der Waals surface area contributed by atoms with Crippen LogP contribution in [0.15, 0.2) is 59.7 Å². The molecule has 3 aromatic rings. The molecule has 0 radical (unpaired) electrons. The van der Waals surface area contributed by atoms with Gasteiger partial charge < -0.3 is 14.7 Å². The fourth-order valence-electron chi connectivity index (χ4n) is 4.58. The molecule has 1 aliphatic rings. The summed E-state index contributed by atoms with van der Waals surface area (Å²) in [7, 11) is 2.05. The molecule has 8 nitrogen and oxygen atoms in total. The molecular weight excluding hydrogens is 442 g/mol. The van der Waals surface area contributed by atoms with Crippen molar-refractivity contribution in [2.24, 2.45) is 0 Å². The zero-order valence-electron chi connectivity index (χ0n) is 20.5. The van der Waals surface area contributed by atoms with Crippen molar-refractivity contribution in [2.45, 2.75) is 39.3 Å². The highest BCUT2D eigenvalue weighted by Crippen LogP contribution is 2.24. The number of para-hydroxylation sites is 2. The Bertz CT molecular complexity index is 1250. The normalized spacial score (nSPS) is 15.5. The largest absolute Gasteiger partial charge is 0.337 e. The molecular formula is C27H33N5O3. The first-order valence-electron chi connectivity index (χ1n) is 12.2. The van der Waals surface area contributed by atoms with Gasteiger partial charge in [-0.2, -0.15) is 0 Å². The van der Waals surface area contributed by atoms with Crippen LogP contribution in [0.2, 0.25) is 0 Å². The predicted octanol–water partition coefficient (Wildman–Crippen LogP) is 2.89. The van der Waals surface area contributed by atoms with E-state index in [0.29, 0.717) is 49.9 Å². The Kier molecular flexibility index (Phi) is 7.92. The van der Waals surface area contributed by atoms with E-state index in [1.165, 1.54) is 0 Å². The van der Waals surface area contributed by atoms with E-state index in [4.69, 9.17) is 0 Å². The maximum Gasteiger partial charge on any atom is 0.261 e. The van der Waals surface area contributed by atoms with Crippen molar-refractivity contribution in [1.82, 2.24) is 19.4 Å². The molecule has 0 unspecified atom stereocenters. The summed E-state index contributed by atoms with van der Waals surface area (Å²) in [5.41, 5.74) is 2.43. The molecule has 2 heterocycles. The molecule has 0 aliphatic carbocycles. The first-order chi connectivity index (χ1) is 16.9. The Morgan fingerprint density at radius 1 is 0.971 bits per heavy atom. The van der Waals surface area contributed by atoms with Crippen LogP contribution in [0.4, 0.5) is 5.69 Å². The van der Waals surface area contributed by atoms with Crippen LogP contribution in [-0.4, -0.2) is 64.4 Å². The molecule has 0 fully saturated rings. The van der Waals surface area contributed by atoms with E-state index in [2.05, 4.69) is 9.88 Å². The SMILES string of the molecule is CC(=O)N1CCCN(C)CCN(C(=O)CCCn2cnc3ccccc3c2=O)Cc2ccccc21. The quantitative estimate of drug-likeness (QED) is 0.580. The van der Waals surface area contributed by atoms with E-state index >= 15 is 0 Å². The molecule has 35 heavy (non-hydrogen) atoms. The Morgan fingerprint density at radius 2 is 1.74 bits per heavy atom. The summed E-state index contributed by atoms with van der Waals surface area (Å²) < 4.78 is 1.58. The summed E-state index contributed by atoms with van der Waals surface area (Å²) in [4.78, 5) is 48.7. The number of aromatic nitrogens is 2. The molecule has 0 atom stereocenters. The van der Waals surface area contributed by atoms with Gasteiger partial charge in [-0.25, -0.2) is 4.98 Å². The number of carbonyl (C=O) groups excluding carboxylic acids is 2. The van der Waals surface area contributed by atoms with Gasteiger partial charge >= 0.3 is 0 Å². The van der Waals surface area contributed by atoms with Crippen LogP contribution in [0.3, 0.4) is 0 Å². The average Bonchev–Trinajstić information content (AvgIpc) is 2.89. The van der Waals surface area contributed by atoms with Crippen LogP contribution in [0.5, 0.6) is 0 Å². The van der Waals surface area contributed by atoms with Gasteiger partial charge in [0.05, 0.1) is 17.2 Å². The molecule has 0 saturated heterocycles. The van der Waals surface area contributed by atoms with Crippen molar-refractivity contribution in [3.05, 3.63) is 70.8 Å². The zero-order chi connectivity index (χ0) is 24.8. The first kappa shape index (κ1) is 24.6. The lowest BCUT2D eigenvalue weighted by Crippen LogP contribution is -2.37. The van der Waals surface area contributed by atoms with Crippen molar-refractivity contribution in [3.63, 3.8) is 0 Å². The summed E-state index contributed by atoms with van der Waals surface area (Å²) in [6, 6.07) is 15.1. The van der Waals surface area contributed by atoms with E-state index in [0.717, 1.165) is 30.8 Å². The maximum atomic E-state index is 13.3. The van der Waals surface area contributed by atoms with Gasteiger partial charge in [0.25, 0.3) is 5.56 Å². The lowest BCUT2D eigenvalue weighted by molar-refractivity contribution is -0.132. The first-order valence-corrected chi connectivity index (χ1v) is 12.2. The molecule has 184 valence electrons. The van der Waals surface area contributed by atoms with Crippen LogP contribution in [-0.2, 0) is 22.7 Å². The van der Waals surface area contributed by atoms with Crippen LogP contribution in [0, 0.1) is 0 Å². The second kappa shape index (κ2) is 11.3. The van der Waals surface area contributed by atoms with Crippen molar-refractivity contribution in [3.8, 4) is 0 Å². The second-order valence-corrected chi connectivity index (χ2v) is 9.14. The van der Waals surface area contributed by atoms with Gasteiger partial charge in [0.15, 0.2) is 0 Å². The van der Waals surface area contributed by atoms with E-state index in [9.17, 15) is 14.4 Å². The number of rotatable bonds is 4. The fraction of sp³-hybridized carbons (Fsp3) is 0.407. The number of anilines is 1. The van der Waals surface area contributed by atoms with E-state index < -0.39 is 0 Å². The molecule has 1 aliphatic heterocycles. The van der Waals surface area contributed by atoms with Gasteiger partial charge in [-0.05, 0) is 50.2 Å². The lowest BCUT2D eigenvalue weighted by atomic mass is 10.1. The van der Waals surface area contributed by atoms with E-state index in [1.54, 1.807) is 23.9 Å². The Hall–Kier alpha value is -3.52. The monoisotopic (exact) mass is 475 g/mol. The summed E-state index contributed by atoms with van der Waals surface area (Å²) in [5, 5.41) is 0.586. The minimum atomic E-state index is -0.0850. The third-order valence-corrected chi connectivity index (χ3v) is 6.57. The number of amides is 2. The predicted molar refractivity (Wildman–Crippen MR) is 137 cm³/mol. The highest BCUT2D eigenvalue weighted by atomic mass is 16.2. The standard InChI is InChI=1S/C27H33N5O3/c1-21(33)32-16-8-14-29(2)17-18-30(19-22-9-3-6-12-25(22)32)26(34)13-7-15-31-20-28-24-11-5-4-10-23(24)27(31)35/h3-6,9-12,20H,7-8,13-19H2,1-2H3. The van der Waals surface area contributed by atoms with Crippen molar-refractivity contribution in [1.29, 1.82) is 0 Å². The number of aryl methyl sites for hydroxylation is 1. The Morgan fingerprint density at radius 3 is 2.57 bits per heavy atom. The van der Waals surface area contributed by atoms with Crippen molar-refractivity contribution < 1.29 is 9.59 Å². The van der Waals surface area contributed by atoms with Crippen molar-refractivity contribution in [2.75, 3.05) is 38.1 Å².